The first-order chi connectivity index (χ1) is 17.7. The van der Waals surface area contributed by atoms with Gasteiger partial charge in [-0.2, -0.15) is 10.2 Å². The van der Waals surface area contributed by atoms with Gasteiger partial charge in [-0.3, -0.25) is 4.79 Å². The number of aromatic hydroxyl groups is 1. The number of amides is 1. The van der Waals surface area contributed by atoms with Gasteiger partial charge in [0.1, 0.15) is 5.75 Å². The second-order valence-electron chi connectivity index (χ2n) is 8.49. The van der Waals surface area contributed by atoms with Crippen molar-refractivity contribution in [2.24, 2.45) is 5.10 Å². The van der Waals surface area contributed by atoms with Crippen molar-refractivity contribution in [3.8, 4) is 22.7 Å². The number of rotatable bonds is 5. The van der Waals surface area contributed by atoms with Crippen LogP contribution < -0.4 is 0 Å². The molecule has 6 rings (SSSR count). The van der Waals surface area contributed by atoms with Crippen molar-refractivity contribution in [1.29, 1.82) is 0 Å². The lowest BCUT2D eigenvalue weighted by atomic mass is 9.96. The zero-order valence-corrected chi connectivity index (χ0v) is 19.2. The van der Waals surface area contributed by atoms with E-state index in [1.165, 1.54) is 11.3 Å². The van der Waals surface area contributed by atoms with E-state index >= 15 is 0 Å². The lowest BCUT2D eigenvalue weighted by Gasteiger charge is -2.20. The zero-order valence-electron chi connectivity index (χ0n) is 19.2. The lowest BCUT2D eigenvalue weighted by Crippen LogP contribution is -2.27. The quantitative estimate of drug-likeness (QED) is 0.347. The molecule has 1 amide bonds. The number of furan rings is 1. The van der Waals surface area contributed by atoms with Gasteiger partial charge in [0.15, 0.2) is 5.76 Å². The van der Waals surface area contributed by atoms with Crippen LogP contribution in [0.15, 0.2) is 119 Å². The number of carbonyl (C=O) groups is 1. The van der Waals surface area contributed by atoms with E-state index in [9.17, 15) is 9.90 Å². The number of phenolic OH excluding ortho intramolecular Hbond substituents is 1. The first kappa shape index (κ1) is 21.6. The highest BCUT2D eigenvalue weighted by Crippen LogP contribution is 2.40. The van der Waals surface area contributed by atoms with E-state index in [1.807, 2.05) is 77.6 Å². The molecule has 3 heterocycles. The van der Waals surface area contributed by atoms with Crippen molar-refractivity contribution in [3.05, 3.63) is 126 Å². The van der Waals surface area contributed by atoms with Crippen LogP contribution in [0.3, 0.4) is 0 Å². The average molecular weight is 475 g/mol. The van der Waals surface area contributed by atoms with Crippen LogP contribution in [0, 0.1) is 0 Å². The Morgan fingerprint density at radius 3 is 2.33 bits per heavy atom. The molecule has 0 aliphatic carbocycles. The molecule has 36 heavy (non-hydrogen) atoms. The van der Waals surface area contributed by atoms with Crippen molar-refractivity contribution in [2.75, 3.05) is 0 Å². The molecular weight excluding hydrogens is 452 g/mol. The van der Waals surface area contributed by atoms with Crippen LogP contribution in [0.25, 0.3) is 16.9 Å². The van der Waals surface area contributed by atoms with Crippen LogP contribution in [0.1, 0.15) is 34.1 Å². The molecule has 7 nitrogen and oxygen atoms in total. The maximum atomic E-state index is 13.5. The number of aromatic nitrogens is 2. The summed E-state index contributed by atoms with van der Waals surface area (Å²) in [5.74, 6) is -0.0496. The Labute approximate surface area is 207 Å². The first-order valence-corrected chi connectivity index (χ1v) is 11.6. The first-order valence-electron chi connectivity index (χ1n) is 11.6. The van der Waals surface area contributed by atoms with Crippen molar-refractivity contribution >= 4 is 11.6 Å². The summed E-state index contributed by atoms with van der Waals surface area (Å²) in [6.07, 6.45) is 3.83. The molecule has 5 aromatic rings. The predicted molar refractivity (Wildman–Crippen MR) is 136 cm³/mol. The Morgan fingerprint density at radius 1 is 0.889 bits per heavy atom. The smallest absolute Gasteiger partial charge is 0.310 e. The maximum Gasteiger partial charge on any atom is 0.310 e. The van der Waals surface area contributed by atoms with E-state index in [-0.39, 0.29) is 17.4 Å². The third kappa shape index (κ3) is 3.86. The van der Waals surface area contributed by atoms with E-state index in [2.05, 4.69) is 0 Å². The molecular formula is C29H22N4O3. The van der Waals surface area contributed by atoms with Crippen molar-refractivity contribution < 1.29 is 14.3 Å². The number of hydrogen-bond donors (Lipinski definition) is 1. The largest absolute Gasteiger partial charge is 0.507 e. The molecule has 0 bridgehead atoms. The summed E-state index contributed by atoms with van der Waals surface area (Å²) in [5.41, 5.74) is 4.65. The molecule has 1 aliphatic rings. The van der Waals surface area contributed by atoms with E-state index in [0.29, 0.717) is 17.7 Å². The Kier molecular flexibility index (Phi) is 5.42. The minimum atomic E-state index is -0.454. The normalized spacial score (nSPS) is 15.2. The Morgan fingerprint density at radius 2 is 1.61 bits per heavy atom. The molecule has 0 spiro atoms. The van der Waals surface area contributed by atoms with Gasteiger partial charge < -0.3 is 9.52 Å². The van der Waals surface area contributed by atoms with Crippen LogP contribution in [0.5, 0.6) is 5.75 Å². The Bertz CT molecular complexity index is 1540. The van der Waals surface area contributed by atoms with Crippen molar-refractivity contribution in [2.45, 2.75) is 12.5 Å². The van der Waals surface area contributed by atoms with Crippen LogP contribution in [-0.2, 0) is 0 Å². The minimum Gasteiger partial charge on any atom is -0.507 e. The highest BCUT2D eigenvalue weighted by molar-refractivity contribution is 6.06. The fraction of sp³-hybridized carbons (Fsp3) is 0.0690. The highest BCUT2D eigenvalue weighted by atomic mass is 16.3. The van der Waals surface area contributed by atoms with E-state index in [1.54, 1.807) is 30.3 Å². The van der Waals surface area contributed by atoms with Gasteiger partial charge in [-0.15, -0.1) is 0 Å². The number of phenols is 1. The topological polar surface area (TPSA) is 83.9 Å². The van der Waals surface area contributed by atoms with Gasteiger partial charge in [-0.25, -0.2) is 9.69 Å². The standard InChI is InChI=1S/C29H22N4O3/c34-26-15-8-7-14-22(26)24-18-25(33(30-24)29(35)27-16-9-17-36-27)23-19-32(21-12-5-2-6-13-21)31-28(23)20-10-3-1-4-11-20/h1-17,19,25,34H,18H2/t25-/m0/s1. The minimum absolute atomic E-state index is 0.116. The third-order valence-corrected chi connectivity index (χ3v) is 6.23. The van der Waals surface area contributed by atoms with Crippen LogP contribution >= 0.6 is 0 Å². The molecule has 1 atom stereocenters. The van der Waals surface area contributed by atoms with Gasteiger partial charge in [0.2, 0.25) is 0 Å². The van der Waals surface area contributed by atoms with Crippen LogP contribution in [0.2, 0.25) is 0 Å². The van der Waals surface area contributed by atoms with Crippen molar-refractivity contribution in [1.82, 2.24) is 14.8 Å². The van der Waals surface area contributed by atoms with Gasteiger partial charge in [0, 0.05) is 29.3 Å². The molecule has 3 aromatic carbocycles. The highest BCUT2D eigenvalue weighted by Gasteiger charge is 2.38. The van der Waals surface area contributed by atoms with Crippen molar-refractivity contribution in [3.63, 3.8) is 0 Å². The second kappa shape index (κ2) is 9.03. The molecule has 176 valence electrons. The molecule has 2 aromatic heterocycles. The summed E-state index contributed by atoms with van der Waals surface area (Å²) in [5, 5.41) is 21.6. The third-order valence-electron chi connectivity index (χ3n) is 6.23. The maximum absolute atomic E-state index is 13.5. The Balaban J connectivity index is 1.50. The lowest BCUT2D eigenvalue weighted by molar-refractivity contribution is 0.0679. The number of para-hydroxylation sites is 2. The van der Waals surface area contributed by atoms with Gasteiger partial charge in [-0.1, -0.05) is 60.7 Å². The van der Waals surface area contributed by atoms with E-state index < -0.39 is 6.04 Å². The molecule has 0 radical (unpaired) electrons. The summed E-state index contributed by atoms with van der Waals surface area (Å²) in [4.78, 5) is 13.5. The fourth-order valence-electron chi connectivity index (χ4n) is 4.50. The summed E-state index contributed by atoms with van der Waals surface area (Å²) in [7, 11) is 0. The predicted octanol–water partition coefficient (Wildman–Crippen LogP) is 5.83. The molecule has 0 saturated carbocycles. The SMILES string of the molecule is O=C(c1ccco1)N1N=C(c2ccccc2O)C[C@H]1c1cn(-c2ccccc2)nc1-c1ccccc1. The Hall–Kier alpha value is -4.91. The molecule has 0 fully saturated rings. The molecule has 0 unspecified atom stereocenters. The monoisotopic (exact) mass is 474 g/mol. The van der Waals surface area contributed by atoms with Crippen LogP contribution in [-0.4, -0.2) is 31.5 Å². The summed E-state index contributed by atoms with van der Waals surface area (Å²) >= 11 is 0. The molecule has 1 aliphatic heterocycles. The number of hydrazone groups is 1. The second-order valence-corrected chi connectivity index (χ2v) is 8.49. The zero-order chi connectivity index (χ0) is 24.5. The van der Waals surface area contributed by atoms with Gasteiger partial charge in [0.05, 0.1) is 29.4 Å². The molecule has 1 N–H and O–H groups in total. The number of nitrogens with zero attached hydrogens (tertiary/aromatic N) is 4. The van der Waals surface area contributed by atoms with Gasteiger partial charge in [-0.05, 0) is 36.4 Å². The summed E-state index contributed by atoms with van der Waals surface area (Å²) < 4.78 is 7.24. The summed E-state index contributed by atoms with van der Waals surface area (Å²) in [6.45, 7) is 0. The summed E-state index contributed by atoms with van der Waals surface area (Å²) in [6, 6.07) is 29.6. The van der Waals surface area contributed by atoms with E-state index in [0.717, 1.165) is 22.5 Å². The van der Waals surface area contributed by atoms with Gasteiger partial charge in [0.25, 0.3) is 0 Å². The molecule has 7 heteroatoms. The van der Waals surface area contributed by atoms with Gasteiger partial charge >= 0.3 is 5.91 Å². The average Bonchev–Trinajstić information content (AvgIpc) is 3.69. The van der Waals surface area contributed by atoms with Crippen LogP contribution in [0.4, 0.5) is 0 Å². The van der Waals surface area contributed by atoms with E-state index in [4.69, 9.17) is 14.6 Å². The molecule has 0 saturated heterocycles. The number of carbonyl (C=O) groups excluding carboxylic acids is 1. The number of benzene rings is 3. The fourth-order valence-corrected chi connectivity index (χ4v) is 4.50. The number of hydrogen-bond acceptors (Lipinski definition) is 5.